The minimum Gasteiger partial charge on any atom is -0.480 e. The van der Waals surface area contributed by atoms with E-state index in [1.165, 1.54) is 30.5 Å². The lowest BCUT2D eigenvalue weighted by Gasteiger charge is -2.18. The zero-order chi connectivity index (χ0) is 25.4. The van der Waals surface area contributed by atoms with Crippen molar-refractivity contribution in [1.82, 2.24) is 21.3 Å². The second kappa shape index (κ2) is 12.6. The molecule has 1 saturated heterocycles. The van der Waals surface area contributed by atoms with Crippen LogP contribution in [-0.4, -0.2) is 59.1 Å². The molecule has 1 aliphatic heterocycles. The molecule has 186 valence electrons. The molecule has 0 aliphatic carbocycles. The van der Waals surface area contributed by atoms with Crippen molar-refractivity contribution >= 4 is 64.7 Å². The molecule has 0 saturated carbocycles. The van der Waals surface area contributed by atoms with E-state index in [0.29, 0.717) is 23.0 Å². The lowest BCUT2D eigenvalue weighted by Crippen LogP contribution is -2.51. The number of rotatable bonds is 10. The van der Waals surface area contributed by atoms with E-state index in [9.17, 15) is 24.3 Å². The molecule has 1 aliphatic rings. The number of carbonyl (C=O) groups excluding carboxylic acids is 3. The Morgan fingerprint density at radius 3 is 2.57 bits per heavy atom. The average Bonchev–Trinajstić information content (AvgIpc) is 3.52. The van der Waals surface area contributed by atoms with E-state index in [1.54, 1.807) is 23.9 Å². The molecule has 35 heavy (non-hydrogen) atoms. The van der Waals surface area contributed by atoms with Crippen LogP contribution in [0, 0.1) is 0 Å². The van der Waals surface area contributed by atoms with Crippen LogP contribution in [0.15, 0.2) is 41.0 Å². The van der Waals surface area contributed by atoms with Crippen molar-refractivity contribution in [1.29, 1.82) is 0 Å². The average molecular weight is 541 g/mol. The van der Waals surface area contributed by atoms with Gasteiger partial charge in [-0.3, -0.25) is 19.7 Å². The molecule has 10 nitrogen and oxygen atoms in total. The van der Waals surface area contributed by atoms with Crippen molar-refractivity contribution in [2.75, 3.05) is 18.2 Å². The second-order valence-electron chi connectivity index (χ2n) is 7.38. The highest BCUT2D eigenvalue weighted by atomic mass is 35.5. The summed E-state index contributed by atoms with van der Waals surface area (Å²) in [6, 6.07) is 4.47. The highest BCUT2D eigenvalue weighted by Crippen LogP contribution is 2.27. The predicted octanol–water partition coefficient (Wildman–Crippen LogP) is 1.88. The first-order valence-corrected chi connectivity index (χ1v) is 12.3. The number of carbonyl (C=O) groups is 4. The number of benzene rings is 1. The number of furan rings is 1. The third-order valence-electron chi connectivity index (χ3n) is 4.85. The van der Waals surface area contributed by atoms with Gasteiger partial charge in [-0.2, -0.15) is 0 Å². The van der Waals surface area contributed by atoms with Gasteiger partial charge in [0.05, 0.1) is 27.9 Å². The molecule has 2 heterocycles. The Hall–Kier alpha value is -2.99. The number of thioether (sulfide) groups is 1. The highest BCUT2D eigenvalue weighted by molar-refractivity contribution is 7.99. The van der Waals surface area contributed by atoms with E-state index in [0.717, 1.165) is 0 Å². The SMILES string of the molecule is O=C(C=Cc1ccco1)NCc1cc(Cl)c(C(=O)N[C@@H](CNC(=O)[C@H]2CSCN2)C(=O)O)c(Cl)c1. The summed E-state index contributed by atoms with van der Waals surface area (Å²) in [4.78, 5) is 48.4. The van der Waals surface area contributed by atoms with Crippen molar-refractivity contribution in [3.8, 4) is 0 Å². The summed E-state index contributed by atoms with van der Waals surface area (Å²) in [5, 5.41) is 19.9. The Labute approximate surface area is 214 Å². The molecule has 5 N–H and O–H groups in total. The first-order valence-electron chi connectivity index (χ1n) is 10.3. The van der Waals surface area contributed by atoms with E-state index in [-0.39, 0.29) is 40.5 Å². The number of amides is 3. The molecule has 1 aromatic carbocycles. The van der Waals surface area contributed by atoms with Gasteiger partial charge in [0.1, 0.15) is 11.8 Å². The first kappa shape index (κ1) is 26.6. The van der Waals surface area contributed by atoms with Crippen LogP contribution in [0.3, 0.4) is 0 Å². The molecule has 13 heteroatoms. The molecule has 1 aromatic heterocycles. The number of carboxylic acid groups (broad SMARTS) is 1. The van der Waals surface area contributed by atoms with E-state index in [2.05, 4.69) is 21.3 Å². The fraction of sp³-hybridized carbons (Fsp3) is 0.273. The number of hydrogen-bond donors (Lipinski definition) is 5. The minimum absolute atomic E-state index is 0.0225. The molecular weight excluding hydrogens is 519 g/mol. The van der Waals surface area contributed by atoms with E-state index < -0.39 is 24.0 Å². The molecule has 0 radical (unpaired) electrons. The van der Waals surface area contributed by atoms with Crippen molar-refractivity contribution in [3.63, 3.8) is 0 Å². The summed E-state index contributed by atoms with van der Waals surface area (Å²) < 4.78 is 5.11. The Bertz CT molecular complexity index is 1100. The van der Waals surface area contributed by atoms with Crippen LogP contribution in [0.4, 0.5) is 0 Å². The number of carboxylic acids is 1. The molecule has 3 amide bonds. The molecule has 2 aromatic rings. The quantitative estimate of drug-likeness (QED) is 0.286. The molecule has 0 spiro atoms. The van der Waals surface area contributed by atoms with Crippen molar-refractivity contribution < 1.29 is 28.7 Å². The Kier molecular flexibility index (Phi) is 9.61. The van der Waals surface area contributed by atoms with Gasteiger partial charge in [-0.15, -0.1) is 11.8 Å². The third kappa shape index (κ3) is 7.76. The number of aliphatic carboxylic acids is 1. The summed E-state index contributed by atoms with van der Waals surface area (Å²) in [5.41, 5.74) is 0.410. The molecule has 2 atom stereocenters. The predicted molar refractivity (Wildman–Crippen MR) is 132 cm³/mol. The van der Waals surface area contributed by atoms with Gasteiger partial charge in [-0.05, 0) is 35.9 Å². The summed E-state index contributed by atoms with van der Waals surface area (Å²) in [6.07, 6.45) is 4.30. The lowest BCUT2D eigenvalue weighted by molar-refractivity contribution is -0.139. The minimum atomic E-state index is -1.40. The number of halogens is 2. The Balaban J connectivity index is 1.58. The van der Waals surface area contributed by atoms with E-state index >= 15 is 0 Å². The summed E-state index contributed by atoms with van der Waals surface area (Å²) in [7, 11) is 0. The lowest BCUT2D eigenvalue weighted by atomic mass is 10.1. The molecule has 3 rings (SSSR count). The summed E-state index contributed by atoms with van der Waals surface area (Å²) in [5.74, 6) is -1.14. The van der Waals surface area contributed by atoms with Gasteiger partial charge in [-0.25, -0.2) is 4.79 Å². The number of nitrogens with one attached hydrogen (secondary N) is 4. The fourth-order valence-corrected chi connectivity index (χ4v) is 4.70. The van der Waals surface area contributed by atoms with Crippen LogP contribution in [0.1, 0.15) is 21.7 Å². The van der Waals surface area contributed by atoms with Gasteiger partial charge in [0.15, 0.2) is 0 Å². The van der Waals surface area contributed by atoms with Crippen molar-refractivity contribution in [2.45, 2.75) is 18.6 Å². The van der Waals surface area contributed by atoms with Crippen LogP contribution in [-0.2, 0) is 20.9 Å². The maximum absolute atomic E-state index is 12.7. The van der Waals surface area contributed by atoms with Gasteiger partial charge in [0.25, 0.3) is 5.91 Å². The van der Waals surface area contributed by atoms with Crippen LogP contribution in [0.2, 0.25) is 10.0 Å². The van der Waals surface area contributed by atoms with Gasteiger partial charge >= 0.3 is 5.97 Å². The number of hydrogen-bond acceptors (Lipinski definition) is 7. The van der Waals surface area contributed by atoms with Crippen LogP contribution >= 0.6 is 35.0 Å². The van der Waals surface area contributed by atoms with Gasteiger partial charge in [0, 0.05) is 30.8 Å². The van der Waals surface area contributed by atoms with Crippen LogP contribution in [0.5, 0.6) is 0 Å². The topological polar surface area (TPSA) is 150 Å². The molecule has 0 bridgehead atoms. The molecule has 1 fully saturated rings. The largest absolute Gasteiger partial charge is 0.480 e. The second-order valence-corrected chi connectivity index (χ2v) is 9.23. The smallest absolute Gasteiger partial charge is 0.328 e. The first-order chi connectivity index (χ1) is 16.7. The monoisotopic (exact) mass is 540 g/mol. The standard InChI is InChI=1S/C22H22Cl2N4O6S/c23-14-6-12(8-25-18(29)4-3-13-2-1-5-34-13)7-15(24)19(14)21(31)28-16(22(32)33)9-26-20(30)17-10-35-11-27-17/h1-7,16-17,27H,8-11H2,(H,25,29)(H,26,30)(H,28,31)(H,32,33)/t16-,17+/m0/s1. The fourth-order valence-electron chi connectivity index (χ4n) is 3.06. The maximum atomic E-state index is 12.7. The normalized spacial score (nSPS) is 16.1. The van der Waals surface area contributed by atoms with Gasteiger partial charge < -0.3 is 25.5 Å². The van der Waals surface area contributed by atoms with Crippen molar-refractivity contribution in [3.05, 3.63) is 63.5 Å². The third-order valence-corrected chi connectivity index (χ3v) is 6.39. The van der Waals surface area contributed by atoms with Crippen molar-refractivity contribution in [2.24, 2.45) is 0 Å². The van der Waals surface area contributed by atoms with E-state index in [4.69, 9.17) is 27.6 Å². The van der Waals surface area contributed by atoms with E-state index in [1.807, 2.05) is 0 Å². The zero-order valence-electron chi connectivity index (χ0n) is 18.2. The van der Waals surface area contributed by atoms with Crippen LogP contribution < -0.4 is 21.3 Å². The Morgan fingerprint density at radius 2 is 1.97 bits per heavy atom. The van der Waals surface area contributed by atoms with Gasteiger partial charge in [-0.1, -0.05) is 23.2 Å². The molecular formula is C22H22Cl2N4O6S. The van der Waals surface area contributed by atoms with Crippen LogP contribution in [0.25, 0.3) is 6.08 Å². The zero-order valence-corrected chi connectivity index (χ0v) is 20.5. The maximum Gasteiger partial charge on any atom is 0.328 e. The molecule has 0 unspecified atom stereocenters. The van der Waals surface area contributed by atoms with Gasteiger partial charge in [0.2, 0.25) is 11.8 Å². The summed E-state index contributed by atoms with van der Waals surface area (Å²) >= 11 is 14.0. The highest BCUT2D eigenvalue weighted by Gasteiger charge is 2.27. The Morgan fingerprint density at radius 1 is 1.23 bits per heavy atom. The summed E-state index contributed by atoms with van der Waals surface area (Å²) in [6.45, 7) is -0.229.